The molecule has 0 radical (unpaired) electrons. The first-order chi connectivity index (χ1) is 12.5. The van der Waals surface area contributed by atoms with Crippen molar-refractivity contribution < 1.29 is 13.9 Å². The Kier molecular flexibility index (Phi) is 5.37. The first kappa shape index (κ1) is 17.7. The van der Waals surface area contributed by atoms with Gasteiger partial charge in [0, 0.05) is 24.1 Å². The molecule has 2 aromatic carbocycles. The second kappa shape index (κ2) is 7.87. The predicted octanol–water partition coefficient (Wildman–Crippen LogP) is 4.54. The maximum atomic E-state index is 12.2. The average molecular weight is 350 g/mol. The standard InChI is InChI=1S/C21H22N2O3/c1-14-7-8-15(2)18(11-14)23-20(24)9-10-21-22-13-19(26-21)16-5-4-6-17(12-16)25-3/h4-8,11-13H,9-10H2,1-3H3,(H,23,24). The highest BCUT2D eigenvalue weighted by molar-refractivity contribution is 5.91. The molecule has 0 bridgehead atoms. The predicted molar refractivity (Wildman–Crippen MR) is 101 cm³/mol. The SMILES string of the molecule is COc1cccc(-c2cnc(CCC(=O)Nc3cc(C)ccc3C)o2)c1. The van der Waals surface area contributed by atoms with Crippen LogP contribution in [-0.2, 0) is 11.2 Å². The number of anilines is 1. The van der Waals surface area contributed by atoms with Crippen LogP contribution < -0.4 is 10.1 Å². The van der Waals surface area contributed by atoms with Crippen LogP contribution in [0, 0.1) is 13.8 Å². The molecule has 0 atom stereocenters. The van der Waals surface area contributed by atoms with Crippen LogP contribution in [0.2, 0.25) is 0 Å². The van der Waals surface area contributed by atoms with Crippen LogP contribution in [0.4, 0.5) is 5.69 Å². The number of ether oxygens (including phenoxy) is 1. The molecule has 1 N–H and O–H groups in total. The van der Waals surface area contributed by atoms with Gasteiger partial charge in [0.1, 0.15) is 5.75 Å². The molecular formula is C21H22N2O3. The Labute approximate surface area is 153 Å². The first-order valence-corrected chi connectivity index (χ1v) is 8.51. The van der Waals surface area contributed by atoms with Gasteiger partial charge >= 0.3 is 0 Å². The number of carbonyl (C=O) groups is 1. The summed E-state index contributed by atoms with van der Waals surface area (Å²) in [6.45, 7) is 3.98. The summed E-state index contributed by atoms with van der Waals surface area (Å²) < 4.78 is 11.0. The summed E-state index contributed by atoms with van der Waals surface area (Å²) >= 11 is 0. The van der Waals surface area contributed by atoms with E-state index in [-0.39, 0.29) is 5.91 Å². The van der Waals surface area contributed by atoms with Gasteiger partial charge in [0.25, 0.3) is 0 Å². The molecule has 0 saturated heterocycles. The second-order valence-corrected chi connectivity index (χ2v) is 6.22. The monoisotopic (exact) mass is 350 g/mol. The van der Waals surface area contributed by atoms with Gasteiger partial charge < -0.3 is 14.5 Å². The zero-order valence-corrected chi connectivity index (χ0v) is 15.2. The molecule has 0 spiro atoms. The molecule has 134 valence electrons. The van der Waals surface area contributed by atoms with Gasteiger partial charge in [0.2, 0.25) is 5.91 Å². The fraction of sp³-hybridized carbons (Fsp3) is 0.238. The Hall–Kier alpha value is -3.08. The fourth-order valence-corrected chi connectivity index (χ4v) is 2.64. The van der Waals surface area contributed by atoms with Crippen molar-refractivity contribution in [2.75, 3.05) is 12.4 Å². The number of methoxy groups -OCH3 is 1. The van der Waals surface area contributed by atoms with Crippen LogP contribution in [0.15, 0.2) is 53.1 Å². The highest BCUT2D eigenvalue weighted by Crippen LogP contribution is 2.25. The van der Waals surface area contributed by atoms with Crippen LogP contribution in [-0.4, -0.2) is 18.0 Å². The molecule has 0 unspecified atom stereocenters. The third-order valence-corrected chi connectivity index (χ3v) is 4.14. The molecule has 0 aliphatic heterocycles. The smallest absolute Gasteiger partial charge is 0.224 e. The topological polar surface area (TPSA) is 64.4 Å². The lowest BCUT2D eigenvalue weighted by Gasteiger charge is -2.08. The number of nitrogens with zero attached hydrogens (tertiary/aromatic N) is 1. The van der Waals surface area contributed by atoms with Gasteiger partial charge in [-0.1, -0.05) is 24.3 Å². The van der Waals surface area contributed by atoms with Crippen LogP contribution in [0.1, 0.15) is 23.4 Å². The third-order valence-electron chi connectivity index (χ3n) is 4.14. The number of hydrogen-bond donors (Lipinski definition) is 1. The molecule has 0 saturated carbocycles. The fourth-order valence-electron chi connectivity index (χ4n) is 2.64. The van der Waals surface area contributed by atoms with E-state index in [0.717, 1.165) is 28.1 Å². The molecule has 5 heteroatoms. The number of hydrogen-bond acceptors (Lipinski definition) is 4. The van der Waals surface area contributed by atoms with Crippen LogP contribution >= 0.6 is 0 Å². The molecule has 1 amide bonds. The van der Waals surface area contributed by atoms with Crippen molar-refractivity contribution in [3.8, 4) is 17.1 Å². The highest BCUT2D eigenvalue weighted by atomic mass is 16.5. The molecule has 0 aliphatic carbocycles. The molecule has 3 aromatic rings. The van der Waals surface area contributed by atoms with E-state index in [2.05, 4.69) is 10.3 Å². The van der Waals surface area contributed by atoms with Gasteiger partial charge in [0.05, 0.1) is 13.3 Å². The summed E-state index contributed by atoms with van der Waals surface area (Å²) in [4.78, 5) is 16.5. The number of benzene rings is 2. The van der Waals surface area contributed by atoms with Crippen molar-refractivity contribution in [1.29, 1.82) is 0 Å². The Morgan fingerprint density at radius 2 is 2.04 bits per heavy atom. The van der Waals surface area contributed by atoms with E-state index in [1.807, 2.05) is 56.3 Å². The number of aryl methyl sites for hydroxylation is 3. The van der Waals surface area contributed by atoms with Gasteiger partial charge in [-0.3, -0.25) is 4.79 Å². The Morgan fingerprint density at radius 3 is 2.85 bits per heavy atom. The summed E-state index contributed by atoms with van der Waals surface area (Å²) in [5, 5.41) is 2.95. The van der Waals surface area contributed by atoms with E-state index in [4.69, 9.17) is 9.15 Å². The van der Waals surface area contributed by atoms with Crippen molar-refractivity contribution in [2.24, 2.45) is 0 Å². The number of oxazole rings is 1. The number of amides is 1. The van der Waals surface area contributed by atoms with Crippen molar-refractivity contribution >= 4 is 11.6 Å². The Morgan fingerprint density at radius 1 is 1.19 bits per heavy atom. The van der Waals surface area contributed by atoms with Gasteiger partial charge in [-0.15, -0.1) is 0 Å². The van der Waals surface area contributed by atoms with Crippen LogP contribution in [0.5, 0.6) is 5.75 Å². The van der Waals surface area contributed by atoms with E-state index >= 15 is 0 Å². The lowest BCUT2D eigenvalue weighted by molar-refractivity contribution is -0.116. The molecule has 0 aliphatic rings. The van der Waals surface area contributed by atoms with E-state index in [1.54, 1.807) is 13.3 Å². The summed E-state index contributed by atoms with van der Waals surface area (Å²) in [6, 6.07) is 13.6. The summed E-state index contributed by atoms with van der Waals surface area (Å²) in [6.07, 6.45) is 2.43. The minimum absolute atomic E-state index is 0.0557. The van der Waals surface area contributed by atoms with Crippen molar-refractivity contribution in [2.45, 2.75) is 26.7 Å². The van der Waals surface area contributed by atoms with Crippen molar-refractivity contribution in [3.63, 3.8) is 0 Å². The minimum atomic E-state index is -0.0557. The molecule has 0 fully saturated rings. The van der Waals surface area contributed by atoms with E-state index in [9.17, 15) is 4.79 Å². The molecule has 3 rings (SSSR count). The van der Waals surface area contributed by atoms with Gasteiger partial charge in [-0.05, 0) is 43.2 Å². The van der Waals surface area contributed by atoms with Gasteiger partial charge in [-0.25, -0.2) is 4.98 Å². The molecule has 1 aromatic heterocycles. The van der Waals surface area contributed by atoms with E-state index in [1.165, 1.54) is 0 Å². The number of carbonyl (C=O) groups excluding carboxylic acids is 1. The summed E-state index contributed by atoms with van der Waals surface area (Å²) in [5.74, 6) is 1.90. The maximum absolute atomic E-state index is 12.2. The van der Waals surface area contributed by atoms with Crippen molar-refractivity contribution in [1.82, 2.24) is 4.98 Å². The second-order valence-electron chi connectivity index (χ2n) is 6.22. The number of aromatic nitrogens is 1. The lowest BCUT2D eigenvalue weighted by Crippen LogP contribution is -2.13. The first-order valence-electron chi connectivity index (χ1n) is 8.51. The lowest BCUT2D eigenvalue weighted by atomic mass is 10.1. The largest absolute Gasteiger partial charge is 0.497 e. The minimum Gasteiger partial charge on any atom is -0.497 e. The zero-order valence-electron chi connectivity index (χ0n) is 15.2. The average Bonchev–Trinajstić information content (AvgIpc) is 3.12. The Bertz CT molecular complexity index is 915. The summed E-state index contributed by atoms with van der Waals surface area (Å²) in [7, 11) is 1.62. The van der Waals surface area contributed by atoms with Crippen LogP contribution in [0.25, 0.3) is 11.3 Å². The Balaban J connectivity index is 1.61. The molecular weight excluding hydrogens is 328 g/mol. The van der Waals surface area contributed by atoms with Crippen LogP contribution in [0.3, 0.4) is 0 Å². The number of rotatable bonds is 6. The maximum Gasteiger partial charge on any atom is 0.224 e. The number of nitrogens with one attached hydrogen (secondary N) is 1. The normalized spacial score (nSPS) is 10.6. The zero-order chi connectivity index (χ0) is 18.5. The molecule has 26 heavy (non-hydrogen) atoms. The third kappa shape index (κ3) is 4.30. The van der Waals surface area contributed by atoms with Gasteiger partial charge in [-0.2, -0.15) is 0 Å². The van der Waals surface area contributed by atoms with Crippen molar-refractivity contribution in [3.05, 3.63) is 65.7 Å². The molecule has 5 nitrogen and oxygen atoms in total. The van der Waals surface area contributed by atoms with Gasteiger partial charge in [0.15, 0.2) is 11.7 Å². The molecule has 1 heterocycles. The highest BCUT2D eigenvalue weighted by Gasteiger charge is 2.10. The van der Waals surface area contributed by atoms with E-state index in [0.29, 0.717) is 24.5 Å². The van der Waals surface area contributed by atoms with E-state index < -0.39 is 0 Å². The summed E-state index contributed by atoms with van der Waals surface area (Å²) in [5.41, 5.74) is 3.89. The quantitative estimate of drug-likeness (QED) is 0.709.